The van der Waals surface area contributed by atoms with Gasteiger partial charge in [0.05, 0.1) is 13.2 Å². The highest BCUT2D eigenvalue weighted by atomic mass is 16.6. The van der Waals surface area contributed by atoms with Crippen LogP contribution in [0.4, 0.5) is 0 Å². The van der Waals surface area contributed by atoms with Crippen molar-refractivity contribution in [1.82, 2.24) is 0 Å². The third-order valence-corrected chi connectivity index (χ3v) is 2.03. The van der Waals surface area contributed by atoms with Crippen molar-refractivity contribution in [2.45, 2.75) is 24.4 Å². The summed E-state index contributed by atoms with van der Waals surface area (Å²) >= 11 is 0. The van der Waals surface area contributed by atoms with Crippen LogP contribution >= 0.6 is 0 Å². The van der Waals surface area contributed by atoms with Crippen molar-refractivity contribution in [1.29, 1.82) is 0 Å². The molecule has 0 spiro atoms. The topological polar surface area (TPSA) is 58.9 Å². The Balaban J connectivity index is 2.13. The van der Waals surface area contributed by atoms with E-state index >= 15 is 0 Å². The van der Waals surface area contributed by atoms with Crippen molar-refractivity contribution in [3.8, 4) is 0 Å². The minimum atomic E-state index is -0.757. The molecule has 2 aliphatic heterocycles. The van der Waals surface area contributed by atoms with E-state index in [9.17, 15) is 10.2 Å². The molecule has 2 aliphatic rings. The summed E-state index contributed by atoms with van der Waals surface area (Å²) in [6, 6.07) is 0. The van der Waals surface area contributed by atoms with Crippen LogP contribution in [0.2, 0.25) is 0 Å². The standard InChI is InChI=1S/C6H10O4/c7-5-3-1-9-2-4(10-3)6(5)8/h3-8H,1-2H2. The molecular formula is C6H10O4. The molecule has 4 atom stereocenters. The van der Waals surface area contributed by atoms with Gasteiger partial charge in [0, 0.05) is 0 Å². The molecule has 4 nitrogen and oxygen atoms in total. The number of ether oxygens (including phenoxy) is 2. The van der Waals surface area contributed by atoms with Crippen molar-refractivity contribution in [2.24, 2.45) is 0 Å². The smallest absolute Gasteiger partial charge is 0.111 e. The van der Waals surface area contributed by atoms with Gasteiger partial charge < -0.3 is 19.7 Å². The highest BCUT2D eigenvalue weighted by molar-refractivity contribution is 4.92. The van der Waals surface area contributed by atoms with Crippen molar-refractivity contribution in [3.63, 3.8) is 0 Å². The Hall–Kier alpha value is -0.160. The first-order chi connectivity index (χ1) is 4.79. The summed E-state index contributed by atoms with van der Waals surface area (Å²) in [7, 11) is 0. The van der Waals surface area contributed by atoms with E-state index in [1.807, 2.05) is 0 Å². The fourth-order valence-electron chi connectivity index (χ4n) is 1.40. The quantitative estimate of drug-likeness (QED) is 0.437. The number of hydrogen-bond acceptors (Lipinski definition) is 4. The molecule has 2 rings (SSSR count). The summed E-state index contributed by atoms with van der Waals surface area (Å²) in [5, 5.41) is 18.4. The maximum Gasteiger partial charge on any atom is 0.111 e. The molecule has 10 heavy (non-hydrogen) atoms. The van der Waals surface area contributed by atoms with Gasteiger partial charge in [0.2, 0.25) is 0 Å². The highest BCUT2D eigenvalue weighted by Gasteiger charge is 2.45. The number of hydrogen-bond donors (Lipinski definition) is 2. The second-order valence-electron chi connectivity index (χ2n) is 2.73. The minimum absolute atomic E-state index is 0.311. The van der Waals surface area contributed by atoms with Gasteiger partial charge in [-0.25, -0.2) is 0 Å². The van der Waals surface area contributed by atoms with Crippen LogP contribution in [0.5, 0.6) is 0 Å². The monoisotopic (exact) mass is 146 g/mol. The van der Waals surface area contributed by atoms with Gasteiger partial charge in [-0.05, 0) is 0 Å². The summed E-state index contributed by atoms with van der Waals surface area (Å²) in [5.41, 5.74) is 0. The fraction of sp³-hybridized carbons (Fsp3) is 1.00. The third kappa shape index (κ3) is 0.769. The molecule has 4 unspecified atom stereocenters. The molecule has 2 saturated heterocycles. The molecule has 2 fully saturated rings. The molecule has 0 radical (unpaired) electrons. The summed E-state index contributed by atoms with van der Waals surface area (Å²) < 4.78 is 10.2. The van der Waals surface area contributed by atoms with E-state index in [1.54, 1.807) is 0 Å². The van der Waals surface area contributed by atoms with Gasteiger partial charge in [-0.3, -0.25) is 0 Å². The lowest BCUT2D eigenvalue weighted by Gasteiger charge is -2.20. The Morgan fingerprint density at radius 1 is 1.00 bits per heavy atom. The van der Waals surface area contributed by atoms with Crippen LogP contribution in [-0.4, -0.2) is 47.8 Å². The van der Waals surface area contributed by atoms with Crippen LogP contribution in [0.1, 0.15) is 0 Å². The molecule has 0 aromatic heterocycles. The van der Waals surface area contributed by atoms with Gasteiger partial charge >= 0.3 is 0 Å². The van der Waals surface area contributed by atoms with Crippen molar-refractivity contribution < 1.29 is 19.7 Å². The average Bonchev–Trinajstić information content (AvgIpc) is 2.17. The Labute approximate surface area is 58.4 Å². The normalized spacial score (nSPS) is 53.4. The van der Waals surface area contributed by atoms with E-state index < -0.39 is 12.2 Å². The second-order valence-corrected chi connectivity index (χ2v) is 2.73. The number of aliphatic hydroxyl groups excluding tert-OH is 2. The molecule has 0 amide bonds. The number of rotatable bonds is 0. The van der Waals surface area contributed by atoms with Crippen molar-refractivity contribution >= 4 is 0 Å². The summed E-state index contributed by atoms with van der Waals surface area (Å²) in [6.45, 7) is 0.795. The van der Waals surface area contributed by atoms with Gasteiger partial charge in [0.15, 0.2) is 0 Å². The number of aliphatic hydroxyl groups is 2. The summed E-state index contributed by atoms with van der Waals surface area (Å²) in [4.78, 5) is 0. The average molecular weight is 146 g/mol. The van der Waals surface area contributed by atoms with Crippen LogP contribution in [0.25, 0.3) is 0 Å². The van der Waals surface area contributed by atoms with E-state index in [-0.39, 0.29) is 12.2 Å². The summed E-state index contributed by atoms with van der Waals surface area (Å²) in [6.07, 6.45) is -2.14. The SMILES string of the molecule is OC1C2COCC(O2)C1O. The minimum Gasteiger partial charge on any atom is -0.388 e. The van der Waals surface area contributed by atoms with Gasteiger partial charge in [0.1, 0.15) is 24.4 Å². The number of fused-ring (bicyclic) bond motifs is 2. The van der Waals surface area contributed by atoms with Crippen LogP contribution in [-0.2, 0) is 9.47 Å². The van der Waals surface area contributed by atoms with E-state index in [0.717, 1.165) is 0 Å². The predicted molar refractivity (Wildman–Crippen MR) is 31.5 cm³/mol. The lowest BCUT2D eigenvalue weighted by Crippen LogP contribution is -2.31. The molecule has 0 aliphatic carbocycles. The highest BCUT2D eigenvalue weighted by Crippen LogP contribution is 2.25. The van der Waals surface area contributed by atoms with Gasteiger partial charge in [-0.15, -0.1) is 0 Å². The molecular weight excluding hydrogens is 136 g/mol. The molecule has 0 aromatic rings. The summed E-state index contributed by atoms with van der Waals surface area (Å²) in [5.74, 6) is 0. The Kier molecular flexibility index (Phi) is 1.42. The zero-order valence-electron chi connectivity index (χ0n) is 5.43. The Morgan fingerprint density at radius 3 is 1.90 bits per heavy atom. The Bertz CT molecular complexity index is 120. The van der Waals surface area contributed by atoms with E-state index in [4.69, 9.17) is 9.47 Å². The predicted octanol–water partition coefficient (Wildman–Crippen LogP) is -1.49. The third-order valence-electron chi connectivity index (χ3n) is 2.03. The van der Waals surface area contributed by atoms with Gasteiger partial charge in [-0.1, -0.05) is 0 Å². The maximum atomic E-state index is 9.21. The van der Waals surface area contributed by atoms with Crippen LogP contribution < -0.4 is 0 Å². The fourth-order valence-corrected chi connectivity index (χ4v) is 1.40. The van der Waals surface area contributed by atoms with Crippen LogP contribution in [0.15, 0.2) is 0 Å². The molecule has 4 heteroatoms. The maximum absolute atomic E-state index is 9.21. The first-order valence-corrected chi connectivity index (χ1v) is 3.38. The first kappa shape index (κ1) is 6.54. The van der Waals surface area contributed by atoms with E-state index in [0.29, 0.717) is 13.2 Å². The lowest BCUT2D eigenvalue weighted by molar-refractivity contribution is -0.117. The molecule has 0 aromatic carbocycles. The molecule has 58 valence electrons. The van der Waals surface area contributed by atoms with Crippen LogP contribution in [0.3, 0.4) is 0 Å². The van der Waals surface area contributed by atoms with Gasteiger partial charge in [-0.2, -0.15) is 0 Å². The zero-order chi connectivity index (χ0) is 7.14. The largest absolute Gasteiger partial charge is 0.388 e. The van der Waals surface area contributed by atoms with Crippen LogP contribution in [0, 0.1) is 0 Å². The Morgan fingerprint density at radius 2 is 1.50 bits per heavy atom. The van der Waals surface area contributed by atoms with Crippen molar-refractivity contribution in [3.05, 3.63) is 0 Å². The van der Waals surface area contributed by atoms with E-state index in [1.165, 1.54) is 0 Å². The van der Waals surface area contributed by atoms with Crippen molar-refractivity contribution in [2.75, 3.05) is 13.2 Å². The zero-order valence-corrected chi connectivity index (χ0v) is 5.43. The molecule has 2 heterocycles. The first-order valence-electron chi connectivity index (χ1n) is 3.38. The molecule has 2 N–H and O–H groups in total. The second kappa shape index (κ2) is 2.17. The molecule has 0 saturated carbocycles. The van der Waals surface area contributed by atoms with Gasteiger partial charge in [0.25, 0.3) is 0 Å². The lowest BCUT2D eigenvalue weighted by atomic mass is 10.1. The van der Waals surface area contributed by atoms with E-state index in [2.05, 4.69) is 0 Å². The molecule has 2 bridgehead atoms.